The van der Waals surface area contributed by atoms with Crippen LogP contribution < -0.4 is 4.90 Å². The van der Waals surface area contributed by atoms with Crippen molar-refractivity contribution in [1.29, 1.82) is 5.26 Å². The normalized spacial score (nSPS) is 11.5. The van der Waals surface area contributed by atoms with Crippen LogP contribution >= 0.6 is 11.6 Å². The van der Waals surface area contributed by atoms with E-state index in [2.05, 4.69) is 0 Å². The van der Waals surface area contributed by atoms with Gasteiger partial charge >= 0.3 is 6.18 Å². The number of halogens is 4. The second-order valence-electron chi connectivity index (χ2n) is 4.43. The average molecular weight is 291 g/mol. The minimum atomic E-state index is -4.32. The number of nitriles is 1. The summed E-state index contributed by atoms with van der Waals surface area (Å²) in [6.07, 6.45) is -4.32. The molecule has 0 atom stereocenters. The zero-order chi connectivity index (χ0) is 14.6. The summed E-state index contributed by atoms with van der Waals surface area (Å²) in [6, 6.07) is 6.23. The molecule has 1 rings (SSSR count). The Bertz CT molecular complexity index is 478. The molecule has 0 saturated heterocycles. The molecule has 0 heterocycles. The third kappa shape index (κ3) is 4.32. The highest BCUT2D eigenvalue weighted by molar-refractivity contribution is 6.17. The van der Waals surface area contributed by atoms with Gasteiger partial charge in [0.1, 0.15) is 12.6 Å². The third-order valence-electron chi connectivity index (χ3n) is 2.62. The molecule has 0 N–H and O–H groups in total. The second kappa shape index (κ2) is 6.16. The Morgan fingerprint density at radius 2 is 2.00 bits per heavy atom. The highest BCUT2D eigenvalue weighted by atomic mass is 35.5. The fraction of sp³-hybridized carbons (Fsp3) is 0.462. The van der Waals surface area contributed by atoms with E-state index in [1.165, 1.54) is 12.1 Å². The summed E-state index contributed by atoms with van der Waals surface area (Å²) in [5, 5.41) is 9.07. The first-order valence-electron chi connectivity index (χ1n) is 5.71. The SMILES string of the molecule is CC(C)N(CC(F)(F)F)c1ccc(CCl)cc1C#N. The van der Waals surface area contributed by atoms with Crippen molar-refractivity contribution in [2.24, 2.45) is 0 Å². The maximum Gasteiger partial charge on any atom is 0.405 e. The van der Waals surface area contributed by atoms with E-state index < -0.39 is 12.7 Å². The van der Waals surface area contributed by atoms with Crippen molar-refractivity contribution in [2.45, 2.75) is 31.9 Å². The highest BCUT2D eigenvalue weighted by Crippen LogP contribution is 2.28. The molecule has 0 aliphatic carbocycles. The minimum Gasteiger partial charge on any atom is -0.359 e. The summed E-state index contributed by atoms with van der Waals surface area (Å²) < 4.78 is 37.8. The molecule has 0 aliphatic rings. The van der Waals surface area contributed by atoms with Gasteiger partial charge in [-0.25, -0.2) is 0 Å². The van der Waals surface area contributed by atoms with Crippen LogP contribution in [0, 0.1) is 11.3 Å². The van der Waals surface area contributed by atoms with Crippen LogP contribution in [0.3, 0.4) is 0 Å². The van der Waals surface area contributed by atoms with Crippen LogP contribution in [-0.4, -0.2) is 18.8 Å². The van der Waals surface area contributed by atoms with Crippen LogP contribution in [-0.2, 0) is 5.88 Å². The third-order valence-corrected chi connectivity index (χ3v) is 2.93. The van der Waals surface area contributed by atoms with Crippen LogP contribution in [0.5, 0.6) is 0 Å². The fourth-order valence-electron chi connectivity index (χ4n) is 1.75. The van der Waals surface area contributed by atoms with E-state index in [1.807, 2.05) is 6.07 Å². The van der Waals surface area contributed by atoms with E-state index in [0.717, 1.165) is 4.90 Å². The Labute approximate surface area is 115 Å². The van der Waals surface area contributed by atoms with Gasteiger partial charge in [0.25, 0.3) is 0 Å². The molecule has 0 aromatic heterocycles. The lowest BCUT2D eigenvalue weighted by Crippen LogP contribution is -2.39. The zero-order valence-electron chi connectivity index (χ0n) is 10.6. The van der Waals surface area contributed by atoms with Gasteiger partial charge in [-0.3, -0.25) is 0 Å². The van der Waals surface area contributed by atoms with E-state index in [1.54, 1.807) is 19.9 Å². The van der Waals surface area contributed by atoms with Crippen molar-refractivity contribution < 1.29 is 13.2 Å². The molecular formula is C13H14ClF3N2. The van der Waals surface area contributed by atoms with E-state index >= 15 is 0 Å². The molecule has 0 aliphatic heterocycles. The smallest absolute Gasteiger partial charge is 0.359 e. The monoisotopic (exact) mass is 290 g/mol. The van der Waals surface area contributed by atoms with Crippen molar-refractivity contribution in [3.63, 3.8) is 0 Å². The fourth-order valence-corrected chi connectivity index (χ4v) is 1.91. The standard InChI is InChI=1S/C13H14ClF3N2/c1-9(2)19(8-13(15,16)17)12-4-3-10(6-14)5-11(12)7-18/h3-5,9H,6,8H2,1-2H3. The number of nitrogens with zero attached hydrogens (tertiary/aromatic N) is 2. The first-order valence-corrected chi connectivity index (χ1v) is 6.24. The predicted molar refractivity (Wildman–Crippen MR) is 69.3 cm³/mol. The van der Waals surface area contributed by atoms with Gasteiger partial charge in [-0.15, -0.1) is 11.6 Å². The second-order valence-corrected chi connectivity index (χ2v) is 4.70. The molecule has 0 bridgehead atoms. The van der Waals surface area contributed by atoms with Crippen LogP contribution in [0.15, 0.2) is 18.2 Å². The first kappa shape index (κ1) is 15.6. The summed E-state index contributed by atoms with van der Waals surface area (Å²) in [7, 11) is 0. The lowest BCUT2D eigenvalue weighted by Gasteiger charge is -2.30. The van der Waals surface area contributed by atoms with Crippen LogP contribution in [0.25, 0.3) is 0 Å². The van der Waals surface area contributed by atoms with Gasteiger partial charge in [0.05, 0.1) is 11.3 Å². The van der Waals surface area contributed by atoms with E-state index in [-0.39, 0.29) is 23.2 Å². The molecule has 19 heavy (non-hydrogen) atoms. The number of alkyl halides is 4. The van der Waals surface area contributed by atoms with Crippen molar-refractivity contribution in [2.75, 3.05) is 11.4 Å². The van der Waals surface area contributed by atoms with Crippen LogP contribution in [0.2, 0.25) is 0 Å². The van der Waals surface area contributed by atoms with Crippen molar-refractivity contribution >= 4 is 17.3 Å². The lowest BCUT2D eigenvalue weighted by atomic mass is 10.1. The van der Waals surface area contributed by atoms with Gasteiger partial charge in [-0.05, 0) is 31.5 Å². The molecule has 0 unspecified atom stereocenters. The Kier molecular flexibility index (Phi) is 5.07. The minimum absolute atomic E-state index is 0.205. The molecular weight excluding hydrogens is 277 g/mol. The molecule has 0 amide bonds. The highest BCUT2D eigenvalue weighted by Gasteiger charge is 2.32. The van der Waals surface area contributed by atoms with Gasteiger partial charge in [-0.1, -0.05) is 6.07 Å². The number of rotatable bonds is 4. The maximum atomic E-state index is 12.6. The van der Waals surface area contributed by atoms with Gasteiger partial charge < -0.3 is 4.90 Å². The van der Waals surface area contributed by atoms with E-state index in [4.69, 9.17) is 16.9 Å². The topological polar surface area (TPSA) is 27.0 Å². The van der Waals surface area contributed by atoms with Gasteiger partial charge in [0, 0.05) is 11.9 Å². The number of hydrogen-bond acceptors (Lipinski definition) is 2. The number of anilines is 1. The molecule has 0 saturated carbocycles. The Morgan fingerprint density at radius 3 is 2.42 bits per heavy atom. The molecule has 104 valence electrons. The van der Waals surface area contributed by atoms with E-state index in [0.29, 0.717) is 5.56 Å². The quantitative estimate of drug-likeness (QED) is 0.782. The molecule has 2 nitrogen and oxygen atoms in total. The molecule has 1 aromatic rings. The van der Waals surface area contributed by atoms with Crippen molar-refractivity contribution in [3.05, 3.63) is 29.3 Å². The summed E-state index contributed by atoms with van der Waals surface area (Å²) >= 11 is 5.65. The lowest BCUT2D eigenvalue weighted by molar-refractivity contribution is -0.120. The van der Waals surface area contributed by atoms with Crippen LogP contribution in [0.1, 0.15) is 25.0 Å². The van der Waals surface area contributed by atoms with Crippen molar-refractivity contribution in [1.82, 2.24) is 0 Å². The summed E-state index contributed by atoms with van der Waals surface area (Å²) in [6.45, 7) is 2.23. The Hall–Kier alpha value is -1.41. The summed E-state index contributed by atoms with van der Waals surface area (Å²) in [5.41, 5.74) is 1.19. The summed E-state index contributed by atoms with van der Waals surface area (Å²) in [4.78, 5) is 1.16. The average Bonchev–Trinajstić information content (AvgIpc) is 2.34. The largest absolute Gasteiger partial charge is 0.405 e. The van der Waals surface area contributed by atoms with Crippen LogP contribution in [0.4, 0.5) is 18.9 Å². The zero-order valence-corrected chi connectivity index (χ0v) is 11.4. The predicted octanol–water partition coefficient (Wildman–Crippen LogP) is 4.07. The van der Waals surface area contributed by atoms with Gasteiger partial charge in [0.15, 0.2) is 0 Å². The molecule has 0 spiro atoms. The molecule has 0 fully saturated rings. The molecule has 6 heteroatoms. The van der Waals surface area contributed by atoms with E-state index in [9.17, 15) is 13.2 Å². The maximum absolute atomic E-state index is 12.6. The Balaban J connectivity index is 3.20. The van der Waals surface area contributed by atoms with Gasteiger partial charge in [0.2, 0.25) is 0 Å². The molecule has 0 radical (unpaired) electrons. The van der Waals surface area contributed by atoms with Gasteiger partial charge in [-0.2, -0.15) is 18.4 Å². The Morgan fingerprint density at radius 1 is 1.37 bits per heavy atom. The summed E-state index contributed by atoms with van der Waals surface area (Å²) in [5.74, 6) is 0.218. The molecule has 1 aromatic carbocycles. The number of hydrogen-bond donors (Lipinski definition) is 0. The van der Waals surface area contributed by atoms with Crippen molar-refractivity contribution in [3.8, 4) is 6.07 Å². The number of benzene rings is 1. The first-order chi connectivity index (χ1) is 8.78.